The van der Waals surface area contributed by atoms with Crippen LogP contribution in [0.3, 0.4) is 0 Å². The maximum atomic E-state index is 12.3. The van der Waals surface area contributed by atoms with Crippen molar-refractivity contribution in [3.05, 3.63) is 27.8 Å². The summed E-state index contributed by atoms with van der Waals surface area (Å²) in [6.45, 7) is 3.62. The molecule has 0 aromatic heterocycles. The lowest BCUT2D eigenvalue weighted by atomic mass is 9.97. The van der Waals surface area contributed by atoms with Crippen molar-refractivity contribution in [2.75, 3.05) is 20.8 Å². The Kier molecular flexibility index (Phi) is 7.16. The highest BCUT2D eigenvalue weighted by atomic mass is 16.6. The molecular weight excluding hydrogens is 332 g/mol. The molecule has 9 heteroatoms. The first-order valence-electron chi connectivity index (χ1n) is 7.62. The summed E-state index contributed by atoms with van der Waals surface area (Å²) in [5.74, 6) is -2.14. The number of hydrogen-bond donors (Lipinski definition) is 2. The van der Waals surface area contributed by atoms with E-state index < -0.39 is 28.4 Å². The average Bonchev–Trinajstić information content (AvgIpc) is 2.56. The zero-order valence-corrected chi connectivity index (χ0v) is 14.6. The average molecular weight is 354 g/mol. The number of ether oxygens (including phenoxy) is 2. The zero-order chi connectivity index (χ0) is 19.1. The molecule has 0 heterocycles. The number of aliphatic carboxylic acids is 1. The smallest absolute Gasteiger partial charge is 0.308 e. The Morgan fingerprint density at radius 1 is 1.24 bits per heavy atom. The number of nitrogens with zero attached hydrogens (tertiary/aromatic N) is 1. The Labute approximate surface area is 145 Å². The van der Waals surface area contributed by atoms with Crippen molar-refractivity contribution in [2.24, 2.45) is 11.8 Å². The molecular formula is C16H22N2O7. The molecule has 1 amide bonds. The summed E-state index contributed by atoms with van der Waals surface area (Å²) in [4.78, 5) is 34.1. The third-order valence-corrected chi connectivity index (χ3v) is 3.56. The van der Waals surface area contributed by atoms with Crippen molar-refractivity contribution < 1.29 is 29.1 Å². The molecule has 0 radical (unpaired) electrons. The van der Waals surface area contributed by atoms with Crippen LogP contribution in [0.4, 0.5) is 5.69 Å². The van der Waals surface area contributed by atoms with Crippen LogP contribution in [-0.4, -0.2) is 42.7 Å². The molecule has 0 saturated heterocycles. The largest absolute Gasteiger partial charge is 0.493 e. The summed E-state index contributed by atoms with van der Waals surface area (Å²) in [6.07, 6.45) is 0.379. The van der Waals surface area contributed by atoms with E-state index in [2.05, 4.69) is 5.32 Å². The number of hydrogen-bond acceptors (Lipinski definition) is 6. The van der Waals surface area contributed by atoms with Gasteiger partial charge in [-0.1, -0.05) is 13.8 Å². The number of methoxy groups -OCH3 is 2. The molecule has 9 nitrogen and oxygen atoms in total. The molecule has 0 aliphatic rings. The Bertz CT molecular complexity index is 658. The van der Waals surface area contributed by atoms with Crippen LogP contribution in [0.25, 0.3) is 0 Å². The van der Waals surface area contributed by atoms with Crippen molar-refractivity contribution in [2.45, 2.75) is 20.3 Å². The van der Waals surface area contributed by atoms with Gasteiger partial charge < -0.3 is 19.9 Å². The van der Waals surface area contributed by atoms with E-state index >= 15 is 0 Å². The fourth-order valence-electron chi connectivity index (χ4n) is 2.35. The molecule has 0 saturated carbocycles. The monoisotopic (exact) mass is 354 g/mol. The molecule has 1 rings (SSSR count). The molecule has 1 unspecified atom stereocenters. The molecule has 1 aromatic carbocycles. The molecule has 0 fully saturated rings. The van der Waals surface area contributed by atoms with Gasteiger partial charge in [0.1, 0.15) is 5.56 Å². The number of carbonyl (C=O) groups excluding carboxylic acids is 1. The molecule has 0 spiro atoms. The number of rotatable bonds is 9. The van der Waals surface area contributed by atoms with E-state index in [0.717, 1.165) is 6.07 Å². The van der Waals surface area contributed by atoms with Gasteiger partial charge in [-0.3, -0.25) is 19.7 Å². The predicted molar refractivity (Wildman–Crippen MR) is 89.1 cm³/mol. The fourth-order valence-corrected chi connectivity index (χ4v) is 2.35. The van der Waals surface area contributed by atoms with Crippen molar-refractivity contribution >= 4 is 17.6 Å². The van der Waals surface area contributed by atoms with Crippen molar-refractivity contribution in [3.63, 3.8) is 0 Å². The Balaban J connectivity index is 3.07. The van der Waals surface area contributed by atoms with Crippen LogP contribution in [0.5, 0.6) is 11.5 Å². The second kappa shape index (κ2) is 8.86. The molecule has 0 aliphatic carbocycles. The van der Waals surface area contributed by atoms with E-state index in [1.54, 1.807) is 0 Å². The number of nitro benzene ring substituents is 1. The van der Waals surface area contributed by atoms with E-state index in [-0.39, 0.29) is 29.5 Å². The van der Waals surface area contributed by atoms with Gasteiger partial charge in [-0.05, 0) is 12.3 Å². The van der Waals surface area contributed by atoms with E-state index in [1.165, 1.54) is 20.3 Å². The van der Waals surface area contributed by atoms with Gasteiger partial charge in [0.25, 0.3) is 11.6 Å². The minimum absolute atomic E-state index is 0.119. The van der Waals surface area contributed by atoms with Crippen molar-refractivity contribution in [1.29, 1.82) is 0 Å². The van der Waals surface area contributed by atoms with Gasteiger partial charge in [-0.25, -0.2) is 0 Å². The molecule has 1 atom stereocenters. The number of nitro groups is 1. The second-order valence-electron chi connectivity index (χ2n) is 5.86. The molecule has 138 valence electrons. The summed E-state index contributed by atoms with van der Waals surface area (Å²) in [7, 11) is 2.67. The lowest BCUT2D eigenvalue weighted by Crippen LogP contribution is -2.34. The van der Waals surface area contributed by atoms with Gasteiger partial charge >= 0.3 is 5.97 Å². The number of carbonyl (C=O) groups is 2. The van der Waals surface area contributed by atoms with E-state index in [0.29, 0.717) is 6.42 Å². The highest BCUT2D eigenvalue weighted by molar-refractivity contribution is 5.99. The number of carboxylic acid groups (broad SMARTS) is 1. The third kappa shape index (κ3) is 5.33. The maximum absolute atomic E-state index is 12.3. The zero-order valence-electron chi connectivity index (χ0n) is 14.6. The fraction of sp³-hybridized carbons (Fsp3) is 0.500. The summed E-state index contributed by atoms with van der Waals surface area (Å²) in [5.41, 5.74) is -0.678. The Morgan fingerprint density at radius 3 is 2.24 bits per heavy atom. The van der Waals surface area contributed by atoms with Gasteiger partial charge in [-0.15, -0.1) is 0 Å². The molecule has 1 aromatic rings. The number of nitrogens with one attached hydrogen (secondary N) is 1. The van der Waals surface area contributed by atoms with Crippen LogP contribution in [0.15, 0.2) is 12.1 Å². The maximum Gasteiger partial charge on any atom is 0.308 e. The third-order valence-electron chi connectivity index (χ3n) is 3.56. The van der Waals surface area contributed by atoms with Crippen LogP contribution >= 0.6 is 0 Å². The number of carboxylic acids is 1. The Morgan fingerprint density at radius 2 is 1.80 bits per heavy atom. The molecule has 25 heavy (non-hydrogen) atoms. The van der Waals surface area contributed by atoms with Gasteiger partial charge in [0.15, 0.2) is 11.5 Å². The lowest BCUT2D eigenvalue weighted by molar-refractivity contribution is -0.385. The van der Waals surface area contributed by atoms with E-state index in [9.17, 15) is 24.8 Å². The minimum atomic E-state index is -1.03. The standard InChI is InChI=1S/C16H22N2O7/c1-9(2)5-10(16(20)21)8-17-15(19)11-6-13(24-3)14(25-4)7-12(11)18(22)23/h6-7,9-10H,5,8H2,1-4H3,(H,17,19)(H,20,21). The SMILES string of the molecule is COc1cc(C(=O)NCC(CC(C)C)C(=O)O)c([N+](=O)[O-])cc1OC. The van der Waals surface area contributed by atoms with E-state index in [1.807, 2.05) is 13.8 Å². The van der Waals surface area contributed by atoms with Crippen LogP contribution in [0, 0.1) is 22.0 Å². The first-order valence-corrected chi connectivity index (χ1v) is 7.62. The quantitative estimate of drug-likeness (QED) is 0.513. The van der Waals surface area contributed by atoms with Crippen LogP contribution in [-0.2, 0) is 4.79 Å². The van der Waals surface area contributed by atoms with Crippen LogP contribution in [0.2, 0.25) is 0 Å². The lowest BCUT2D eigenvalue weighted by Gasteiger charge is -2.16. The van der Waals surface area contributed by atoms with Gasteiger partial charge in [0, 0.05) is 12.6 Å². The topological polar surface area (TPSA) is 128 Å². The highest BCUT2D eigenvalue weighted by Crippen LogP contribution is 2.34. The van der Waals surface area contributed by atoms with Crippen LogP contribution < -0.4 is 14.8 Å². The predicted octanol–water partition coefficient (Wildman–Crippen LogP) is 2.09. The molecule has 0 aliphatic heterocycles. The van der Waals surface area contributed by atoms with Gasteiger partial charge in [0.2, 0.25) is 0 Å². The number of benzene rings is 1. The summed E-state index contributed by atoms with van der Waals surface area (Å²) < 4.78 is 10.1. The molecule has 2 N–H and O–H groups in total. The second-order valence-corrected chi connectivity index (χ2v) is 5.86. The number of amides is 1. The molecule has 0 bridgehead atoms. The first-order chi connectivity index (χ1) is 11.7. The minimum Gasteiger partial charge on any atom is -0.493 e. The van der Waals surface area contributed by atoms with Gasteiger partial charge in [0.05, 0.1) is 31.1 Å². The van der Waals surface area contributed by atoms with Crippen molar-refractivity contribution in [3.8, 4) is 11.5 Å². The summed E-state index contributed by atoms with van der Waals surface area (Å²) in [5, 5.41) is 22.9. The van der Waals surface area contributed by atoms with Crippen LogP contribution in [0.1, 0.15) is 30.6 Å². The normalized spacial score (nSPS) is 11.7. The van der Waals surface area contributed by atoms with E-state index in [4.69, 9.17) is 9.47 Å². The van der Waals surface area contributed by atoms with Crippen molar-refractivity contribution in [1.82, 2.24) is 5.32 Å². The first kappa shape index (κ1) is 20.2. The van der Waals surface area contributed by atoms with Gasteiger partial charge in [-0.2, -0.15) is 0 Å². The summed E-state index contributed by atoms with van der Waals surface area (Å²) in [6, 6.07) is 2.29. The summed E-state index contributed by atoms with van der Waals surface area (Å²) >= 11 is 0. The Hall–Kier alpha value is -2.84. The highest BCUT2D eigenvalue weighted by Gasteiger charge is 2.26.